The number of aryl methyl sites for hydroxylation is 1. The molecule has 7 rings (SSSR count). The highest BCUT2D eigenvalue weighted by molar-refractivity contribution is 7.79. The van der Waals surface area contributed by atoms with E-state index in [1.54, 1.807) is 31.2 Å². The average Bonchev–Trinajstić information content (AvgIpc) is 3.72. The number of aromatic nitrogens is 6. The summed E-state index contributed by atoms with van der Waals surface area (Å²) in [7, 11) is -3.58. The minimum Gasteiger partial charge on any atom is -0.387 e. The highest BCUT2D eigenvalue weighted by Crippen LogP contribution is 2.53. The highest BCUT2D eigenvalue weighted by atomic mass is 31.2. The Balaban J connectivity index is 1.21. The summed E-state index contributed by atoms with van der Waals surface area (Å²) in [5, 5.41) is 22.3. The summed E-state index contributed by atoms with van der Waals surface area (Å²) in [4.78, 5) is 38.1. The van der Waals surface area contributed by atoms with Gasteiger partial charge in [-0.25, -0.2) is 19.5 Å². The molecular formula is C23H25BN6O12P2. The molecule has 2 radical (unpaired) electrons. The standard InChI is InChI=1S/C23H25BN6O12P2/c1-10-27-20-15(21(33)28-10)26-9-30(20)23-19-16(31)13(39-23)6-38-44(35,36)42-18-14(7-37-43(24,34)41-19)40-22(17(18)32)29-8-25-11-4-2-3-5-12(11)29/h2-5,8-9,13-14,16-19,22-23,31-32H,6-7H2,1H3,(H,35,36)(H,27,28,33)/t13-,14-,16+,17?,18+,19?,22-,23-,43?/m1/s1. The summed E-state index contributed by atoms with van der Waals surface area (Å²) in [5.74, 6) is 0.254. The van der Waals surface area contributed by atoms with Crippen LogP contribution in [-0.4, -0.2) is 102 Å². The van der Waals surface area contributed by atoms with Gasteiger partial charge in [-0.1, -0.05) is 12.1 Å². The number of para-hydroxylation sites is 2. The normalized spacial score (nSPS) is 38.3. The molecule has 2 bridgehead atoms. The molecule has 3 aromatic heterocycles. The van der Waals surface area contributed by atoms with Crippen molar-refractivity contribution in [3.05, 3.63) is 53.1 Å². The maximum Gasteiger partial charge on any atom is 0.472 e. The number of hydrogen-bond acceptors (Lipinski definition) is 14. The van der Waals surface area contributed by atoms with Gasteiger partial charge in [0.15, 0.2) is 23.6 Å². The monoisotopic (exact) mass is 650 g/mol. The van der Waals surface area contributed by atoms with Crippen molar-refractivity contribution >= 4 is 45.1 Å². The van der Waals surface area contributed by atoms with E-state index in [0.717, 1.165) is 0 Å². The van der Waals surface area contributed by atoms with Crippen LogP contribution in [-0.2, 0) is 36.7 Å². The van der Waals surface area contributed by atoms with Crippen molar-refractivity contribution in [3.8, 4) is 0 Å². The van der Waals surface area contributed by atoms with Crippen molar-refractivity contribution in [1.29, 1.82) is 0 Å². The van der Waals surface area contributed by atoms with Crippen LogP contribution in [0.2, 0.25) is 0 Å². The minimum atomic E-state index is -4.96. The Hall–Kier alpha value is -2.80. The number of phosphoric ester groups is 1. The van der Waals surface area contributed by atoms with Crippen LogP contribution in [0.1, 0.15) is 18.3 Å². The Bertz CT molecular complexity index is 1880. The fourth-order valence-corrected chi connectivity index (χ4v) is 7.49. The quantitative estimate of drug-likeness (QED) is 0.168. The highest BCUT2D eigenvalue weighted by Gasteiger charge is 2.53. The second kappa shape index (κ2) is 10.9. The number of aromatic amines is 1. The number of hydrogen-bond donors (Lipinski definition) is 4. The average molecular weight is 650 g/mol. The minimum absolute atomic E-state index is 0.0507. The molecule has 4 aromatic rings. The zero-order chi connectivity index (χ0) is 31.0. The summed E-state index contributed by atoms with van der Waals surface area (Å²) in [6.07, 6.45) is -8.77. The van der Waals surface area contributed by atoms with E-state index in [2.05, 4.69) is 19.9 Å². The lowest BCUT2D eigenvalue weighted by molar-refractivity contribution is -0.0620. The molecule has 232 valence electrons. The number of H-pyrrole nitrogens is 1. The Kier molecular flexibility index (Phi) is 7.42. The Morgan fingerprint density at radius 2 is 1.68 bits per heavy atom. The number of aliphatic hydroxyl groups excluding tert-OH is 2. The molecule has 0 amide bonds. The third-order valence-corrected chi connectivity index (χ3v) is 9.58. The van der Waals surface area contributed by atoms with Gasteiger partial charge in [-0.15, -0.1) is 0 Å². The summed E-state index contributed by atoms with van der Waals surface area (Å²) < 4.78 is 62.6. The molecular weight excluding hydrogens is 625 g/mol. The number of ether oxygens (including phenoxy) is 2. The van der Waals surface area contributed by atoms with E-state index in [1.807, 2.05) is 0 Å². The van der Waals surface area contributed by atoms with Crippen LogP contribution in [0.5, 0.6) is 0 Å². The molecule has 1 aromatic carbocycles. The largest absolute Gasteiger partial charge is 0.472 e. The summed E-state index contributed by atoms with van der Waals surface area (Å²) >= 11 is 0. The molecule has 3 aliphatic heterocycles. The molecule has 3 fully saturated rings. The zero-order valence-electron chi connectivity index (χ0n) is 22.7. The van der Waals surface area contributed by atoms with Gasteiger partial charge >= 0.3 is 7.82 Å². The number of fused-ring (bicyclic) bond motifs is 5. The Morgan fingerprint density at radius 1 is 0.955 bits per heavy atom. The van der Waals surface area contributed by atoms with Gasteiger partial charge in [0.25, 0.3) is 13.0 Å². The number of rotatable bonds is 2. The fourth-order valence-electron chi connectivity index (χ4n) is 5.54. The molecule has 0 spiro atoms. The first kappa shape index (κ1) is 29.9. The van der Waals surface area contributed by atoms with Gasteiger partial charge in [-0.05, 0) is 19.1 Å². The topological polar surface area (TPSA) is 232 Å². The number of nitrogens with zero attached hydrogens (tertiary/aromatic N) is 5. The number of benzene rings is 1. The van der Waals surface area contributed by atoms with Crippen LogP contribution >= 0.6 is 15.3 Å². The maximum atomic E-state index is 13.4. The molecule has 0 aliphatic carbocycles. The molecule has 4 N–H and O–H groups in total. The first-order chi connectivity index (χ1) is 20.9. The van der Waals surface area contributed by atoms with Gasteiger partial charge in [0.05, 0.1) is 36.9 Å². The van der Waals surface area contributed by atoms with Gasteiger partial charge in [0, 0.05) is 0 Å². The van der Waals surface area contributed by atoms with Crippen LogP contribution in [0.25, 0.3) is 22.2 Å². The first-order valence-corrected chi connectivity index (χ1v) is 16.4. The number of aliphatic hydroxyl groups is 2. The Labute approximate surface area is 248 Å². The number of phosphoric acid groups is 1. The third kappa shape index (κ3) is 5.27. The predicted molar refractivity (Wildman–Crippen MR) is 147 cm³/mol. The van der Waals surface area contributed by atoms with E-state index in [9.17, 15) is 29.0 Å². The summed E-state index contributed by atoms with van der Waals surface area (Å²) in [6, 6.07) is 7.02. The van der Waals surface area contributed by atoms with E-state index < -0.39 is 83.1 Å². The lowest BCUT2D eigenvalue weighted by Gasteiger charge is -2.27. The molecule has 3 aliphatic rings. The summed E-state index contributed by atoms with van der Waals surface area (Å²) in [6.45, 7) is 0.187. The number of imidazole rings is 2. The molecule has 0 saturated carbocycles. The van der Waals surface area contributed by atoms with Crippen LogP contribution in [0, 0.1) is 6.92 Å². The molecule has 6 heterocycles. The van der Waals surface area contributed by atoms with Crippen molar-refractivity contribution in [2.45, 2.75) is 56.0 Å². The van der Waals surface area contributed by atoms with Crippen molar-refractivity contribution < 1.29 is 51.8 Å². The number of nitrogens with one attached hydrogen (secondary N) is 1. The van der Waals surface area contributed by atoms with Gasteiger partial charge in [0.2, 0.25) is 7.57 Å². The van der Waals surface area contributed by atoms with Crippen LogP contribution < -0.4 is 5.56 Å². The molecule has 18 nitrogen and oxygen atoms in total. The van der Waals surface area contributed by atoms with E-state index >= 15 is 0 Å². The second-order valence-electron chi connectivity index (χ2n) is 10.5. The molecule has 10 atom stereocenters. The lowest BCUT2D eigenvalue weighted by Crippen LogP contribution is -2.36. The predicted octanol–water partition coefficient (Wildman–Crippen LogP) is 0.189. The second-order valence-corrected chi connectivity index (χ2v) is 13.4. The van der Waals surface area contributed by atoms with Crippen molar-refractivity contribution in [3.63, 3.8) is 0 Å². The SMILES string of the molecule is [B]P1(=O)OC[C@H]2O[C@@H](n3cnc4ccccc43)C(O)[C@H]2OP(=O)(O)OC[C@H]2O[C@@H](n3cnc4c(=O)[nH]c(C)nc43)C(O1)[C@H]2O. The van der Waals surface area contributed by atoms with E-state index in [4.69, 9.17) is 35.1 Å². The lowest BCUT2D eigenvalue weighted by atomic mass is 10.1. The van der Waals surface area contributed by atoms with Gasteiger partial charge in [-0.3, -0.25) is 23.0 Å². The Morgan fingerprint density at radius 3 is 2.50 bits per heavy atom. The molecule has 21 heteroatoms. The van der Waals surface area contributed by atoms with E-state index in [-0.39, 0.29) is 17.0 Å². The van der Waals surface area contributed by atoms with Gasteiger partial charge < -0.3 is 43.2 Å². The molecule has 44 heavy (non-hydrogen) atoms. The molecule has 3 saturated heterocycles. The van der Waals surface area contributed by atoms with Crippen LogP contribution in [0.15, 0.2) is 41.7 Å². The fraction of sp³-hybridized carbons (Fsp3) is 0.478. The maximum absolute atomic E-state index is 13.4. The van der Waals surface area contributed by atoms with Crippen molar-refractivity contribution in [1.82, 2.24) is 29.1 Å². The molecule has 4 unspecified atom stereocenters. The summed E-state index contributed by atoms with van der Waals surface area (Å²) in [5.41, 5.74) is 0.659. The van der Waals surface area contributed by atoms with Crippen molar-refractivity contribution in [2.75, 3.05) is 13.2 Å². The van der Waals surface area contributed by atoms with Crippen LogP contribution in [0.3, 0.4) is 0 Å². The zero-order valence-corrected chi connectivity index (χ0v) is 24.5. The third-order valence-electron chi connectivity index (χ3n) is 7.55. The smallest absolute Gasteiger partial charge is 0.387 e. The van der Waals surface area contributed by atoms with Crippen LogP contribution in [0.4, 0.5) is 0 Å². The van der Waals surface area contributed by atoms with Crippen molar-refractivity contribution in [2.24, 2.45) is 0 Å². The van der Waals surface area contributed by atoms with Gasteiger partial charge in [-0.2, -0.15) is 0 Å². The van der Waals surface area contributed by atoms with Gasteiger partial charge in [0.1, 0.15) is 42.4 Å². The first-order valence-electron chi connectivity index (χ1n) is 13.3. The van der Waals surface area contributed by atoms with E-state index in [1.165, 1.54) is 21.8 Å². The van der Waals surface area contributed by atoms with E-state index in [0.29, 0.717) is 11.0 Å².